The van der Waals surface area contributed by atoms with Crippen LogP contribution < -0.4 is 10.6 Å². The maximum absolute atomic E-state index is 12.3. The number of nitro groups is 1. The topological polar surface area (TPSA) is 110 Å². The number of pyridine rings is 1. The molecule has 8 nitrogen and oxygen atoms in total. The van der Waals surface area contributed by atoms with E-state index in [1.807, 2.05) is 13.0 Å². The van der Waals surface area contributed by atoms with E-state index in [2.05, 4.69) is 31.5 Å². The number of rotatable bonds is 4. The Morgan fingerprint density at radius 3 is 2.75 bits per heavy atom. The van der Waals surface area contributed by atoms with E-state index in [0.717, 1.165) is 10.2 Å². The van der Waals surface area contributed by atoms with Crippen molar-refractivity contribution < 1.29 is 14.1 Å². The number of hydrogen-bond donors (Lipinski definition) is 2. The third kappa shape index (κ3) is 4.59. The molecule has 28 heavy (non-hydrogen) atoms. The molecule has 0 aliphatic rings. The lowest BCUT2D eigenvalue weighted by Crippen LogP contribution is -2.34. The molecule has 0 aliphatic heterocycles. The lowest BCUT2D eigenvalue weighted by atomic mass is 10.1. The van der Waals surface area contributed by atoms with Gasteiger partial charge in [0.2, 0.25) is 0 Å². The highest BCUT2D eigenvalue weighted by atomic mass is 79.9. The Kier molecular flexibility index (Phi) is 5.81. The van der Waals surface area contributed by atoms with Crippen LogP contribution >= 0.6 is 28.1 Å². The molecule has 0 fully saturated rings. The molecule has 0 saturated heterocycles. The predicted molar refractivity (Wildman–Crippen MR) is 111 cm³/mol. The van der Waals surface area contributed by atoms with Gasteiger partial charge in [0.25, 0.3) is 11.6 Å². The van der Waals surface area contributed by atoms with E-state index in [9.17, 15) is 14.9 Å². The van der Waals surface area contributed by atoms with Crippen molar-refractivity contribution in [3.05, 3.63) is 74.6 Å². The molecule has 1 aromatic carbocycles. The van der Waals surface area contributed by atoms with Crippen LogP contribution in [0, 0.1) is 17.0 Å². The molecule has 10 heteroatoms. The summed E-state index contributed by atoms with van der Waals surface area (Å²) in [5, 5.41) is 16.3. The first-order chi connectivity index (χ1) is 13.3. The summed E-state index contributed by atoms with van der Waals surface area (Å²) in [6.45, 7) is 1.83. The third-order valence-corrected chi connectivity index (χ3v) is 4.70. The van der Waals surface area contributed by atoms with Gasteiger partial charge in [-0.25, -0.2) is 4.98 Å². The molecule has 3 rings (SSSR count). The minimum absolute atomic E-state index is 0.0191. The maximum atomic E-state index is 12.3. The van der Waals surface area contributed by atoms with Crippen molar-refractivity contribution in [1.29, 1.82) is 0 Å². The van der Waals surface area contributed by atoms with Gasteiger partial charge in [-0.3, -0.25) is 20.2 Å². The first-order valence-electron chi connectivity index (χ1n) is 7.93. The summed E-state index contributed by atoms with van der Waals surface area (Å²) >= 11 is 8.48. The molecule has 2 N–H and O–H groups in total. The average molecular weight is 461 g/mol. The molecular formula is C18H13BrN4O4S. The molecule has 3 aromatic rings. The van der Waals surface area contributed by atoms with Crippen molar-refractivity contribution in [2.24, 2.45) is 0 Å². The van der Waals surface area contributed by atoms with Crippen LogP contribution in [0.3, 0.4) is 0 Å². The summed E-state index contributed by atoms with van der Waals surface area (Å²) in [5.41, 5.74) is 1.19. The zero-order chi connectivity index (χ0) is 20.3. The highest BCUT2D eigenvalue weighted by molar-refractivity contribution is 9.10. The van der Waals surface area contributed by atoms with Crippen LogP contribution in [0.25, 0.3) is 11.3 Å². The summed E-state index contributed by atoms with van der Waals surface area (Å²) < 4.78 is 6.37. The Labute approximate surface area is 173 Å². The van der Waals surface area contributed by atoms with Gasteiger partial charge in [-0.1, -0.05) is 12.1 Å². The number of halogens is 1. The molecule has 142 valence electrons. The minimum atomic E-state index is -0.553. The number of nitro benzene ring substituents is 1. The number of furan rings is 1. The van der Waals surface area contributed by atoms with Crippen LogP contribution in [0.5, 0.6) is 0 Å². The number of benzene rings is 1. The molecule has 0 unspecified atom stereocenters. The van der Waals surface area contributed by atoms with Crippen molar-refractivity contribution in [3.8, 4) is 11.3 Å². The smallest absolute Gasteiger partial charge is 0.293 e. The molecule has 0 saturated carbocycles. The number of thiocarbonyl (C=S) groups is 1. The Balaban J connectivity index is 1.68. The van der Waals surface area contributed by atoms with Gasteiger partial charge >= 0.3 is 0 Å². The summed E-state index contributed by atoms with van der Waals surface area (Å²) in [6, 6.07) is 12.5. The molecular weight excluding hydrogens is 448 g/mol. The van der Waals surface area contributed by atoms with Gasteiger partial charge in [-0.2, -0.15) is 0 Å². The number of anilines is 1. The molecule has 0 atom stereocenters. The number of nitrogens with one attached hydrogen (secondary N) is 2. The van der Waals surface area contributed by atoms with Gasteiger partial charge in [0.05, 0.1) is 10.6 Å². The third-order valence-electron chi connectivity index (χ3n) is 3.66. The zero-order valence-corrected chi connectivity index (χ0v) is 16.8. The molecule has 0 spiro atoms. The van der Waals surface area contributed by atoms with Crippen LogP contribution in [0.4, 0.5) is 11.5 Å². The number of amides is 1. The van der Waals surface area contributed by atoms with E-state index < -0.39 is 10.8 Å². The van der Waals surface area contributed by atoms with E-state index in [1.54, 1.807) is 24.3 Å². The number of aromatic nitrogens is 1. The van der Waals surface area contributed by atoms with E-state index in [1.165, 1.54) is 18.2 Å². The lowest BCUT2D eigenvalue weighted by molar-refractivity contribution is -0.384. The lowest BCUT2D eigenvalue weighted by Gasteiger charge is -2.09. The zero-order valence-electron chi connectivity index (χ0n) is 14.4. The van der Waals surface area contributed by atoms with E-state index in [0.29, 0.717) is 17.1 Å². The summed E-state index contributed by atoms with van der Waals surface area (Å²) in [5.74, 6) is 0.286. The molecule has 0 radical (unpaired) electrons. The predicted octanol–water partition coefficient (Wildman–Crippen LogP) is 4.45. The van der Waals surface area contributed by atoms with Gasteiger partial charge in [-0.05, 0) is 59.3 Å². The van der Waals surface area contributed by atoms with E-state index >= 15 is 0 Å². The first kappa shape index (κ1) is 19.6. The number of carbonyl (C=O) groups is 1. The van der Waals surface area contributed by atoms with E-state index in [-0.39, 0.29) is 16.6 Å². The molecule has 2 heterocycles. The van der Waals surface area contributed by atoms with E-state index in [4.69, 9.17) is 16.6 Å². The largest absolute Gasteiger partial charge is 0.451 e. The van der Waals surface area contributed by atoms with Crippen LogP contribution in [-0.2, 0) is 0 Å². The first-order valence-corrected chi connectivity index (χ1v) is 9.14. The fourth-order valence-corrected chi connectivity index (χ4v) is 2.73. The number of non-ortho nitro benzene ring substituents is 1. The second-order valence-corrected chi connectivity index (χ2v) is 6.91. The Bertz CT molecular complexity index is 1080. The Morgan fingerprint density at radius 1 is 1.25 bits per heavy atom. The van der Waals surface area contributed by atoms with Gasteiger partial charge in [0.15, 0.2) is 10.9 Å². The highest BCUT2D eigenvalue weighted by Gasteiger charge is 2.15. The van der Waals surface area contributed by atoms with Crippen molar-refractivity contribution in [2.45, 2.75) is 6.92 Å². The van der Waals surface area contributed by atoms with Crippen LogP contribution in [0.2, 0.25) is 0 Å². The van der Waals surface area contributed by atoms with Crippen molar-refractivity contribution in [3.63, 3.8) is 0 Å². The number of carbonyl (C=O) groups excluding carboxylic acids is 1. The van der Waals surface area contributed by atoms with Crippen molar-refractivity contribution >= 4 is 50.7 Å². The monoisotopic (exact) mass is 460 g/mol. The van der Waals surface area contributed by atoms with Crippen LogP contribution in [-0.4, -0.2) is 20.9 Å². The fraction of sp³-hybridized carbons (Fsp3) is 0.0556. The number of nitrogens with zero attached hydrogens (tertiary/aromatic N) is 2. The summed E-state index contributed by atoms with van der Waals surface area (Å²) in [7, 11) is 0. The standard InChI is InChI=1S/C18H13BrN4O4S/c1-10-13(19)5-8-16(20-10)21-18(28)22-17(24)15-7-6-14(27-15)11-3-2-4-12(9-11)23(25)26/h2-9H,1H3,(H2,20,21,22,24,28). The minimum Gasteiger partial charge on any atom is -0.451 e. The molecule has 2 aromatic heterocycles. The second-order valence-electron chi connectivity index (χ2n) is 5.64. The second kappa shape index (κ2) is 8.28. The molecule has 0 aliphatic carbocycles. The summed E-state index contributed by atoms with van der Waals surface area (Å²) in [6.07, 6.45) is 0. The quantitative estimate of drug-likeness (QED) is 0.336. The maximum Gasteiger partial charge on any atom is 0.293 e. The SMILES string of the molecule is Cc1nc(NC(=S)NC(=O)c2ccc(-c3cccc([N+](=O)[O-])c3)o2)ccc1Br. The van der Waals surface area contributed by atoms with Crippen molar-refractivity contribution in [1.82, 2.24) is 10.3 Å². The molecule has 0 bridgehead atoms. The van der Waals surface area contributed by atoms with Crippen LogP contribution in [0.15, 0.2) is 57.4 Å². The summed E-state index contributed by atoms with van der Waals surface area (Å²) in [4.78, 5) is 27.0. The van der Waals surface area contributed by atoms with Crippen LogP contribution in [0.1, 0.15) is 16.2 Å². The van der Waals surface area contributed by atoms with Gasteiger partial charge in [-0.15, -0.1) is 0 Å². The fourth-order valence-electron chi connectivity index (χ4n) is 2.31. The molecule has 1 amide bonds. The Morgan fingerprint density at radius 2 is 2.04 bits per heavy atom. The van der Waals surface area contributed by atoms with Gasteiger partial charge < -0.3 is 9.73 Å². The van der Waals surface area contributed by atoms with Gasteiger partial charge in [0.1, 0.15) is 11.6 Å². The van der Waals surface area contributed by atoms with Crippen molar-refractivity contribution in [2.75, 3.05) is 5.32 Å². The normalized spacial score (nSPS) is 10.4. The Hall–Kier alpha value is -3.11. The number of hydrogen-bond acceptors (Lipinski definition) is 6. The average Bonchev–Trinajstić information content (AvgIpc) is 3.15. The highest BCUT2D eigenvalue weighted by Crippen LogP contribution is 2.25. The number of aryl methyl sites for hydroxylation is 1. The van der Waals surface area contributed by atoms with Gasteiger partial charge in [0, 0.05) is 22.2 Å².